The molecular formula is C14H14N2O3. The predicted octanol–water partition coefficient (Wildman–Crippen LogP) is 0.580. The Morgan fingerprint density at radius 1 is 1.32 bits per heavy atom. The minimum Gasteiger partial charge on any atom is -0.490 e. The predicted molar refractivity (Wildman–Crippen MR) is 72.9 cm³/mol. The van der Waals surface area contributed by atoms with E-state index in [4.69, 9.17) is 10.5 Å². The second-order valence-electron chi connectivity index (χ2n) is 4.64. The summed E-state index contributed by atoms with van der Waals surface area (Å²) in [6.07, 6.45) is 0. The van der Waals surface area contributed by atoms with Gasteiger partial charge in [0.2, 0.25) is 10.9 Å². The molecule has 0 saturated carbocycles. The molecule has 0 unspecified atom stereocenters. The van der Waals surface area contributed by atoms with E-state index in [2.05, 4.69) is 0 Å². The van der Waals surface area contributed by atoms with Crippen molar-refractivity contribution in [2.75, 3.05) is 18.1 Å². The Balaban J connectivity index is 2.12. The van der Waals surface area contributed by atoms with Gasteiger partial charge >= 0.3 is 0 Å². The van der Waals surface area contributed by atoms with E-state index in [-0.39, 0.29) is 0 Å². The van der Waals surface area contributed by atoms with Crippen LogP contribution in [-0.2, 0) is 6.54 Å². The third-order valence-corrected chi connectivity index (χ3v) is 3.51. The van der Waals surface area contributed by atoms with Gasteiger partial charge in [0.25, 0.3) is 0 Å². The molecule has 19 heavy (non-hydrogen) atoms. The molecule has 2 aromatic carbocycles. The van der Waals surface area contributed by atoms with Gasteiger partial charge in [0.1, 0.15) is 18.0 Å². The molecule has 5 heteroatoms. The van der Waals surface area contributed by atoms with Gasteiger partial charge in [-0.05, 0) is 24.6 Å². The number of nitrogens with two attached hydrogens (primary N) is 1. The van der Waals surface area contributed by atoms with Crippen molar-refractivity contribution in [3.8, 4) is 5.75 Å². The molecular weight excluding hydrogens is 244 g/mol. The van der Waals surface area contributed by atoms with Gasteiger partial charge in [0.05, 0.1) is 12.2 Å². The second kappa shape index (κ2) is 4.20. The van der Waals surface area contributed by atoms with Crippen LogP contribution in [0.4, 0.5) is 11.4 Å². The largest absolute Gasteiger partial charge is 0.490 e. The van der Waals surface area contributed by atoms with Crippen molar-refractivity contribution in [1.29, 1.82) is 0 Å². The lowest BCUT2D eigenvalue weighted by atomic mass is 10.0. The fraction of sp³-hybridized carbons (Fsp3) is 0.286. The van der Waals surface area contributed by atoms with Crippen molar-refractivity contribution < 1.29 is 4.74 Å². The molecule has 0 spiro atoms. The standard InChI is InChI=1S/C14H14N2O3/c1-8-12(14(18)13(8)17)16-4-5-19-11-3-2-9(7-15)6-10(11)16/h2-3,6H,4-5,7,15H2,1H3. The summed E-state index contributed by atoms with van der Waals surface area (Å²) in [4.78, 5) is 24.9. The summed E-state index contributed by atoms with van der Waals surface area (Å²) in [7, 11) is 0. The Hall–Kier alpha value is -2.14. The first-order valence-corrected chi connectivity index (χ1v) is 6.16. The fourth-order valence-corrected chi connectivity index (χ4v) is 2.44. The van der Waals surface area contributed by atoms with Crippen LogP contribution < -0.4 is 26.2 Å². The molecule has 0 radical (unpaired) electrons. The highest BCUT2D eigenvalue weighted by Gasteiger charge is 2.28. The zero-order valence-corrected chi connectivity index (χ0v) is 10.6. The molecule has 0 fully saturated rings. The molecule has 0 aliphatic carbocycles. The first-order chi connectivity index (χ1) is 9.13. The number of rotatable bonds is 2. The lowest BCUT2D eigenvalue weighted by molar-refractivity contribution is 0.313. The highest BCUT2D eigenvalue weighted by Crippen LogP contribution is 2.37. The van der Waals surface area contributed by atoms with Gasteiger partial charge in [0, 0.05) is 12.1 Å². The van der Waals surface area contributed by atoms with E-state index in [0.717, 1.165) is 17.0 Å². The number of nitrogens with zero attached hydrogens (tertiary/aromatic N) is 1. The van der Waals surface area contributed by atoms with Crippen LogP contribution in [-0.4, -0.2) is 13.2 Å². The summed E-state index contributed by atoms with van der Waals surface area (Å²) in [5.74, 6) is 0.718. The molecule has 0 bridgehead atoms. The monoisotopic (exact) mass is 258 g/mol. The van der Waals surface area contributed by atoms with E-state index in [1.165, 1.54) is 0 Å². The van der Waals surface area contributed by atoms with Gasteiger partial charge in [0.15, 0.2) is 0 Å². The summed E-state index contributed by atoms with van der Waals surface area (Å²) in [5.41, 5.74) is 7.62. The van der Waals surface area contributed by atoms with Crippen LogP contribution in [0, 0.1) is 6.92 Å². The van der Waals surface area contributed by atoms with Crippen LogP contribution in [0.1, 0.15) is 11.1 Å². The lowest BCUT2D eigenvalue weighted by Gasteiger charge is -2.32. The third kappa shape index (κ3) is 1.66. The number of fused-ring (bicyclic) bond motifs is 1. The molecule has 0 saturated heterocycles. The smallest absolute Gasteiger partial charge is 0.250 e. The first-order valence-electron chi connectivity index (χ1n) is 6.16. The minimum absolute atomic E-state index is 0.391. The van der Waals surface area contributed by atoms with Crippen molar-refractivity contribution in [1.82, 2.24) is 0 Å². The van der Waals surface area contributed by atoms with Crippen LogP contribution in [0.15, 0.2) is 27.8 Å². The topological polar surface area (TPSA) is 72.6 Å². The normalized spacial score (nSPS) is 14.3. The van der Waals surface area contributed by atoms with Crippen LogP contribution in [0.25, 0.3) is 0 Å². The van der Waals surface area contributed by atoms with Crippen molar-refractivity contribution in [2.45, 2.75) is 13.5 Å². The SMILES string of the molecule is Cc1c(N2CCOc3ccc(CN)cc32)c(=O)c1=O. The highest BCUT2D eigenvalue weighted by molar-refractivity contribution is 5.74. The van der Waals surface area contributed by atoms with Crippen molar-refractivity contribution in [3.05, 3.63) is 49.8 Å². The minimum atomic E-state index is -0.413. The quantitative estimate of drug-likeness (QED) is 0.798. The van der Waals surface area contributed by atoms with Gasteiger partial charge in [-0.25, -0.2) is 0 Å². The Labute approximate surface area is 109 Å². The maximum absolute atomic E-state index is 11.7. The van der Waals surface area contributed by atoms with Gasteiger partial charge in [-0.1, -0.05) is 6.07 Å². The van der Waals surface area contributed by atoms with Gasteiger partial charge in [-0.15, -0.1) is 0 Å². The molecule has 0 atom stereocenters. The number of ether oxygens (including phenoxy) is 1. The molecule has 5 nitrogen and oxygen atoms in total. The molecule has 0 amide bonds. The Morgan fingerprint density at radius 3 is 2.79 bits per heavy atom. The maximum atomic E-state index is 11.7. The Morgan fingerprint density at radius 2 is 2.11 bits per heavy atom. The summed E-state index contributed by atoms with van der Waals surface area (Å²) in [6, 6.07) is 5.66. The summed E-state index contributed by atoms with van der Waals surface area (Å²) < 4.78 is 5.57. The summed E-state index contributed by atoms with van der Waals surface area (Å²) in [6.45, 7) is 3.16. The number of hydrogen-bond acceptors (Lipinski definition) is 5. The lowest BCUT2D eigenvalue weighted by Crippen LogP contribution is -2.43. The van der Waals surface area contributed by atoms with Gasteiger partial charge in [-0.2, -0.15) is 0 Å². The molecule has 2 aromatic rings. The van der Waals surface area contributed by atoms with E-state index in [9.17, 15) is 9.59 Å². The van der Waals surface area contributed by atoms with E-state index < -0.39 is 10.9 Å². The van der Waals surface area contributed by atoms with Crippen LogP contribution in [0.3, 0.4) is 0 Å². The van der Waals surface area contributed by atoms with E-state index in [1.54, 1.807) is 6.92 Å². The molecule has 98 valence electrons. The van der Waals surface area contributed by atoms with Gasteiger partial charge < -0.3 is 15.4 Å². The second-order valence-corrected chi connectivity index (χ2v) is 4.64. The number of hydrogen-bond donors (Lipinski definition) is 1. The average Bonchev–Trinajstić information content (AvgIpc) is 2.46. The highest BCUT2D eigenvalue weighted by atomic mass is 16.5. The van der Waals surface area contributed by atoms with E-state index >= 15 is 0 Å². The first kappa shape index (κ1) is 11.9. The molecule has 1 aliphatic rings. The Bertz CT molecular complexity index is 714. The van der Waals surface area contributed by atoms with Crippen LogP contribution in [0.5, 0.6) is 5.75 Å². The summed E-state index contributed by atoms with van der Waals surface area (Å²) in [5, 5.41) is 0. The maximum Gasteiger partial charge on any atom is 0.250 e. The zero-order valence-electron chi connectivity index (χ0n) is 10.6. The van der Waals surface area contributed by atoms with Crippen molar-refractivity contribution >= 4 is 11.4 Å². The third-order valence-electron chi connectivity index (χ3n) is 3.51. The zero-order chi connectivity index (χ0) is 13.6. The summed E-state index contributed by atoms with van der Waals surface area (Å²) >= 11 is 0. The fourth-order valence-electron chi connectivity index (χ4n) is 2.44. The number of anilines is 2. The van der Waals surface area contributed by atoms with Crippen molar-refractivity contribution in [3.63, 3.8) is 0 Å². The van der Waals surface area contributed by atoms with E-state index in [0.29, 0.717) is 30.9 Å². The average molecular weight is 258 g/mol. The Kier molecular flexibility index (Phi) is 2.64. The number of benzene rings is 1. The van der Waals surface area contributed by atoms with Crippen molar-refractivity contribution in [2.24, 2.45) is 5.73 Å². The van der Waals surface area contributed by atoms with Crippen LogP contribution in [0.2, 0.25) is 0 Å². The molecule has 2 N–H and O–H groups in total. The van der Waals surface area contributed by atoms with Gasteiger partial charge in [-0.3, -0.25) is 9.59 Å². The molecule has 1 heterocycles. The van der Waals surface area contributed by atoms with E-state index in [1.807, 2.05) is 23.1 Å². The molecule has 0 aromatic heterocycles. The molecule has 1 aliphatic heterocycles. The molecule has 3 rings (SSSR count). The van der Waals surface area contributed by atoms with Crippen LogP contribution >= 0.6 is 0 Å².